The normalized spacial score (nSPS) is 22.9. The van der Waals surface area contributed by atoms with E-state index in [1.165, 1.54) is 5.56 Å². The molecule has 2 heterocycles. The van der Waals surface area contributed by atoms with Crippen molar-refractivity contribution in [1.82, 2.24) is 4.90 Å². The summed E-state index contributed by atoms with van der Waals surface area (Å²) in [6.07, 6.45) is 1.86. The van der Waals surface area contributed by atoms with Gasteiger partial charge < -0.3 is 19.1 Å². The molecule has 26 heavy (non-hydrogen) atoms. The maximum absolute atomic E-state index is 13.0. The molecule has 1 aromatic carbocycles. The first-order valence-corrected chi connectivity index (χ1v) is 9.50. The molecule has 1 aromatic rings. The maximum atomic E-state index is 13.0. The van der Waals surface area contributed by atoms with Gasteiger partial charge in [0.25, 0.3) is 0 Å². The van der Waals surface area contributed by atoms with Crippen LogP contribution in [0.15, 0.2) is 18.2 Å². The molecular formula is C21H31NO4. The summed E-state index contributed by atoms with van der Waals surface area (Å²) in [5.41, 5.74) is 1.75. The first kappa shape index (κ1) is 19.2. The molecule has 0 unspecified atom stereocenters. The molecule has 2 aliphatic heterocycles. The molecule has 0 bridgehead atoms. The number of ether oxygens (including phenoxy) is 3. The summed E-state index contributed by atoms with van der Waals surface area (Å²) in [7, 11) is 0. The predicted molar refractivity (Wildman–Crippen MR) is 100 cm³/mol. The maximum Gasteiger partial charge on any atom is 0.233 e. The summed E-state index contributed by atoms with van der Waals surface area (Å²) < 4.78 is 17.7. The van der Waals surface area contributed by atoms with Crippen LogP contribution in [0.2, 0.25) is 0 Å². The predicted octanol–water partition coefficient (Wildman–Crippen LogP) is 3.46. The molecule has 2 aliphatic rings. The van der Waals surface area contributed by atoms with Crippen LogP contribution in [0, 0.1) is 19.3 Å². The van der Waals surface area contributed by atoms with Crippen molar-refractivity contribution < 1.29 is 19.0 Å². The summed E-state index contributed by atoms with van der Waals surface area (Å²) in [5.74, 6) is 0.475. The van der Waals surface area contributed by atoms with Gasteiger partial charge in [-0.15, -0.1) is 0 Å². The van der Waals surface area contributed by atoms with Crippen LogP contribution >= 0.6 is 0 Å². The van der Waals surface area contributed by atoms with E-state index in [4.69, 9.17) is 14.2 Å². The second kappa shape index (κ2) is 7.20. The lowest BCUT2D eigenvalue weighted by Crippen LogP contribution is -2.55. The monoisotopic (exact) mass is 361 g/mol. The third kappa shape index (κ3) is 4.21. The molecular weight excluding hydrogens is 330 g/mol. The van der Waals surface area contributed by atoms with Gasteiger partial charge in [-0.25, -0.2) is 0 Å². The molecule has 0 aliphatic carbocycles. The van der Waals surface area contributed by atoms with Gasteiger partial charge >= 0.3 is 0 Å². The minimum Gasteiger partial charge on any atom is -0.490 e. The van der Waals surface area contributed by atoms with E-state index in [0.29, 0.717) is 26.3 Å². The number of hydrogen-bond donors (Lipinski definition) is 0. The van der Waals surface area contributed by atoms with E-state index in [0.717, 1.165) is 24.2 Å². The van der Waals surface area contributed by atoms with E-state index in [-0.39, 0.29) is 12.0 Å². The Balaban J connectivity index is 1.55. The van der Waals surface area contributed by atoms with Gasteiger partial charge in [0, 0.05) is 25.9 Å². The molecule has 0 spiro atoms. The Morgan fingerprint density at radius 2 is 1.73 bits per heavy atom. The SMILES string of the molecule is Cc1ccc(C)c(OC2CCN(C(=O)C3(C)COC(C)(C)OC3)CC2)c1. The van der Waals surface area contributed by atoms with E-state index < -0.39 is 11.2 Å². The molecule has 5 nitrogen and oxygen atoms in total. The van der Waals surface area contributed by atoms with E-state index in [9.17, 15) is 4.79 Å². The highest BCUT2D eigenvalue weighted by molar-refractivity contribution is 5.83. The number of aryl methyl sites for hydroxylation is 2. The molecule has 0 radical (unpaired) electrons. The van der Waals surface area contributed by atoms with Crippen LogP contribution in [-0.2, 0) is 14.3 Å². The average molecular weight is 361 g/mol. The van der Waals surface area contributed by atoms with Crippen molar-refractivity contribution in [3.63, 3.8) is 0 Å². The van der Waals surface area contributed by atoms with Crippen LogP contribution in [0.4, 0.5) is 0 Å². The zero-order chi connectivity index (χ0) is 18.9. The zero-order valence-corrected chi connectivity index (χ0v) is 16.6. The van der Waals surface area contributed by atoms with Crippen LogP contribution < -0.4 is 4.74 Å². The summed E-state index contributed by atoms with van der Waals surface area (Å²) in [4.78, 5) is 14.9. The Morgan fingerprint density at radius 1 is 1.12 bits per heavy atom. The Labute approximate surface area is 156 Å². The van der Waals surface area contributed by atoms with E-state index >= 15 is 0 Å². The topological polar surface area (TPSA) is 48.0 Å². The van der Waals surface area contributed by atoms with Crippen molar-refractivity contribution in [2.24, 2.45) is 5.41 Å². The van der Waals surface area contributed by atoms with Crippen molar-refractivity contribution >= 4 is 5.91 Å². The second-order valence-electron chi connectivity index (χ2n) is 8.42. The molecule has 0 N–H and O–H groups in total. The van der Waals surface area contributed by atoms with Gasteiger partial charge in [-0.2, -0.15) is 0 Å². The van der Waals surface area contributed by atoms with Crippen molar-refractivity contribution in [2.45, 2.75) is 59.4 Å². The van der Waals surface area contributed by atoms with Crippen LogP contribution in [0.3, 0.4) is 0 Å². The molecule has 3 rings (SSSR count). The number of rotatable bonds is 3. The Hall–Kier alpha value is -1.59. The fraction of sp³-hybridized carbons (Fsp3) is 0.667. The van der Waals surface area contributed by atoms with Crippen molar-refractivity contribution in [3.05, 3.63) is 29.3 Å². The number of carbonyl (C=O) groups excluding carboxylic acids is 1. The number of nitrogens with zero attached hydrogens (tertiary/aromatic N) is 1. The highest BCUT2D eigenvalue weighted by Crippen LogP contribution is 2.32. The lowest BCUT2D eigenvalue weighted by Gasteiger charge is -2.43. The third-order valence-electron chi connectivity index (χ3n) is 5.36. The van der Waals surface area contributed by atoms with E-state index in [1.807, 2.05) is 25.7 Å². The molecule has 5 heteroatoms. The largest absolute Gasteiger partial charge is 0.490 e. The minimum absolute atomic E-state index is 0.123. The molecule has 2 saturated heterocycles. The number of carbonyl (C=O) groups is 1. The molecule has 0 atom stereocenters. The average Bonchev–Trinajstić information content (AvgIpc) is 2.61. The Morgan fingerprint density at radius 3 is 2.35 bits per heavy atom. The summed E-state index contributed by atoms with van der Waals surface area (Å²) in [6, 6.07) is 6.28. The molecule has 144 valence electrons. The van der Waals surface area contributed by atoms with E-state index in [2.05, 4.69) is 32.0 Å². The van der Waals surface area contributed by atoms with Crippen LogP contribution in [0.25, 0.3) is 0 Å². The first-order valence-electron chi connectivity index (χ1n) is 9.50. The van der Waals surface area contributed by atoms with Gasteiger partial charge in [0.2, 0.25) is 5.91 Å². The van der Waals surface area contributed by atoms with Gasteiger partial charge in [0.15, 0.2) is 5.79 Å². The van der Waals surface area contributed by atoms with Crippen LogP contribution in [0.1, 0.15) is 44.7 Å². The fourth-order valence-electron chi connectivity index (χ4n) is 3.45. The van der Waals surface area contributed by atoms with Crippen LogP contribution in [0.5, 0.6) is 5.75 Å². The highest BCUT2D eigenvalue weighted by Gasteiger charge is 2.44. The number of likely N-dealkylation sites (tertiary alicyclic amines) is 1. The lowest BCUT2D eigenvalue weighted by atomic mass is 9.88. The van der Waals surface area contributed by atoms with Gasteiger partial charge in [0.05, 0.1) is 18.6 Å². The van der Waals surface area contributed by atoms with Crippen molar-refractivity contribution in [2.75, 3.05) is 26.3 Å². The summed E-state index contributed by atoms with van der Waals surface area (Å²) in [5, 5.41) is 0. The van der Waals surface area contributed by atoms with Gasteiger partial charge in [-0.05, 0) is 51.8 Å². The number of piperidine rings is 1. The van der Waals surface area contributed by atoms with E-state index in [1.54, 1.807) is 0 Å². The number of amides is 1. The second-order valence-corrected chi connectivity index (χ2v) is 8.42. The van der Waals surface area contributed by atoms with Crippen molar-refractivity contribution in [1.29, 1.82) is 0 Å². The Bertz CT molecular complexity index is 652. The van der Waals surface area contributed by atoms with Gasteiger partial charge in [-0.3, -0.25) is 4.79 Å². The number of hydrogen-bond acceptors (Lipinski definition) is 4. The molecule has 2 fully saturated rings. The summed E-state index contributed by atoms with van der Waals surface area (Å²) in [6.45, 7) is 12.1. The highest BCUT2D eigenvalue weighted by atomic mass is 16.7. The third-order valence-corrected chi connectivity index (χ3v) is 5.36. The molecule has 1 amide bonds. The summed E-state index contributed by atoms with van der Waals surface area (Å²) >= 11 is 0. The quantitative estimate of drug-likeness (QED) is 0.827. The Kier molecular flexibility index (Phi) is 5.31. The first-order chi connectivity index (χ1) is 12.2. The number of benzene rings is 1. The minimum atomic E-state index is -0.605. The molecule has 0 saturated carbocycles. The zero-order valence-electron chi connectivity index (χ0n) is 16.6. The van der Waals surface area contributed by atoms with Crippen molar-refractivity contribution in [3.8, 4) is 5.75 Å². The van der Waals surface area contributed by atoms with Gasteiger partial charge in [-0.1, -0.05) is 12.1 Å². The smallest absolute Gasteiger partial charge is 0.233 e. The standard InChI is InChI=1S/C21H31NO4/c1-15-6-7-16(2)18(12-15)26-17-8-10-22(11-9-17)19(23)21(5)13-24-20(3,4)25-14-21/h6-7,12,17H,8-11,13-14H2,1-5H3. The molecule has 0 aromatic heterocycles. The fourth-order valence-corrected chi connectivity index (χ4v) is 3.45. The van der Waals surface area contributed by atoms with Gasteiger partial charge in [0.1, 0.15) is 11.9 Å². The van der Waals surface area contributed by atoms with Crippen LogP contribution in [-0.4, -0.2) is 49.0 Å². The lowest BCUT2D eigenvalue weighted by molar-refractivity contribution is -0.279.